The van der Waals surface area contributed by atoms with Gasteiger partial charge in [0, 0.05) is 37.9 Å². The minimum absolute atomic E-state index is 0.0657. The van der Waals surface area contributed by atoms with Crippen LogP contribution in [-0.2, 0) is 4.74 Å². The minimum atomic E-state index is 0.0657. The van der Waals surface area contributed by atoms with Gasteiger partial charge >= 0.3 is 6.03 Å². The van der Waals surface area contributed by atoms with Crippen molar-refractivity contribution in [1.82, 2.24) is 15.1 Å². The predicted octanol–water partition coefficient (Wildman–Crippen LogP) is 2.21. The van der Waals surface area contributed by atoms with E-state index in [1.54, 1.807) is 0 Å². The Morgan fingerprint density at radius 2 is 2.00 bits per heavy atom. The van der Waals surface area contributed by atoms with E-state index >= 15 is 0 Å². The average molecular weight is 321 g/mol. The van der Waals surface area contributed by atoms with E-state index in [9.17, 15) is 4.79 Å². The second-order valence-electron chi connectivity index (χ2n) is 8.31. The number of carbonyl (C=O) groups excluding carboxylic acids is 1. The molecule has 1 spiro atoms. The number of piperidine rings is 1. The van der Waals surface area contributed by atoms with E-state index in [1.807, 2.05) is 0 Å². The number of hydrogen-bond donors (Lipinski definition) is 1. The summed E-state index contributed by atoms with van der Waals surface area (Å²) in [5.74, 6) is 0.757. The first-order chi connectivity index (χ1) is 11.1. The molecule has 0 radical (unpaired) electrons. The molecule has 4 aliphatic rings. The summed E-state index contributed by atoms with van der Waals surface area (Å²) in [5, 5.41) is 3.72. The third-order valence-corrected chi connectivity index (χ3v) is 6.54. The van der Waals surface area contributed by atoms with Crippen LogP contribution in [0.3, 0.4) is 0 Å². The second-order valence-corrected chi connectivity index (χ2v) is 8.31. The molecule has 2 amide bonds. The lowest BCUT2D eigenvalue weighted by Gasteiger charge is -2.36. The smallest absolute Gasteiger partial charge is 0.321 e. The first-order valence-corrected chi connectivity index (χ1v) is 9.52. The Morgan fingerprint density at radius 1 is 1.22 bits per heavy atom. The van der Waals surface area contributed by atoms with Crippen LogP contribution in [-0.4, -0.2) is 65.8 Å². The molecule has 0 aromatic rings. The number of hydrogen-bond acceptors (Lipinski definition) is 3. The van der Waals surface area contributed by atoms with E-state index in [0.29, 0.717) is 12.1 Å². The van der Waals surface area contributed by atoms with Gasteiger partial charge in [0.15, 0.2) is 0 Å². The zero-order valence-electron chi connectivity index (χ0n) is 14.6. The SMILES string of the molecule is CC(C)N1C(=O)N(C2CCOCC2)CC12CC1CCCNC1C2. The molecule has 4 fully saturated rings. The normalized spacial score (nSPS) is 38.8. The van der Waals surface area contributed by atoms with Crippen LogP contribution in [0.1, 0.15) is 52.4 Å². The number of ether oxygens (including phenoxy) is 1. The molecular formula is C18H31N3O2. The van der Waals surface area contributed by atoms with E-state index in [0.717, 1.165) is 51.5 Å². The number of amides is 2. The zero-order chi connectivity index (χ0) is 16.0. The fourth-order valence-electron chi connectivity index (χ4n) is 5.66. The summed E-state index contributed by atoms with van der Waals surface area (Å²) in [6.07, 6.45) is 6.95. The van der Waals surface area contributed by atoms with Crippen molar-refractivity contribution < 1.29 is 9.53 Å². The molecule has 3 aliphatic heterocycles. The van der Waals surface area contributed by atoms with E-state index in [2.05, 4.69) is 29.0 Å². The number of nitrogens with one attached hydrogen (secondary N) is 1. The average Bonchev–Trinajstić information content (AvgIpc) is 3.05. The van der Waals surface area contributed by atoms with Gasteiger partial charge in [0.25, 0.3) is 0 Å². The molecule has 5 heteroatoms. The van der Waals surface area contributed by atoms with Crippen molar-refractivity contribution in [3.8, 4) is 0 Å². The van der Waals surface area contributed by atoms with E-state index in [-0.39, 0.29) is 17.6 Å². The summed E-state index contributed by atoms with van der Waals surface area (Å²) < 4.78 is 5.50. The Kier molecular flexibility index (Phi) is 4.04. The first-order valence-electron chi connectivity index (χ1n) is 9.52. The molecule has 0 aromatic heterocycles. The molecule has 3 heterocycles. The third kappa shape index (κ3) is 2.56. The molecule has 0 aromatic carbocycles. The van der Waals surface area contributed by atoms with E-state index in [4.69, 9.17) is 4.74 Å². The zero-order valence-corrected chi connectivity index (χ0v) is 14.6. The molecule has 4 rings (SSSR count). The maximum Gasteiger partial charge on any atom is 0.321 e. The van der Waals surface area contributed by atoms with Crippen molar-refractivity contribution in [2.45, 2.75) is 76.0 Å². The Morgan fingerprint density at radius 3 is 2.70 bits per heavy atom. The van der Waals surface area contributed by atoms with Gasteiger partial charge in [0.1, 0.15) is 0 Å². The molecule has 3 unspecified atom stereocenters. The summed E-state index contributed by atoms with van der Waals surface area (Å²) >= 11 is 0. The van der Waals surface area contributed by atoms with Gasteiger partial charge in [-0.25, -0.2) is 4.79 Å². The van der Waals surface area contributed by atoms with Crippen LogP contribution >= 0.6 is 0 Å². The van der Waals surface area contributed by atoms with Crippen LogP contribution in [0.2, 0.25) is 0 Å². The Bertz CT molecular complexity index is 447. The van der Waals surface area contributed by atoms with Gasteiger partial charge in [-0.2, -0.15) is 0 Å². The highest BCUT2D eigenvalue weighted by atomic mass is 16.5. The molecule has 23 heavy (non-hydrogen) atoms. The standard InChI is InChI=1S/C18H31N3O2/c1-13(2)21-17(22)20(15-5-8-23-9-6-15)12-18(21)10-14-4-3-7-19-16(14)11-18/h13-16,19H,3-12H2,1-2H3. The van der Waals surface area contributed by atoms with Crippen molar-refractivity contribution in [2.75, 3.05) is 26.3 Å². The summed E-state index contributed by atoms with van der Waals surface area (Å²) in [4.78, 5) is 17.6. The fourth-order valence-corrected chi connectivity index (χ4v) is 5.66. The number of urea groups is 1. The monoisotopic (exact) mass is 321 g/mol. The molecule has 0 bridgehead atoms. The minimum Gasteiger partial charge on any atom is -0.381 e. The van der Waals surface area contributed by atoms with Crippen LogP contribution in [0.4, 0.5) is 4.79 Å². The summed E-state index contributed by atoms with van der Waals surface area (Å²) in [5.41, 5.74) is 0.0657. The summed E-state index contributed by atoms with van der Waals surface area (Å²) in [7, 11) is 0. The van der Waals surface area contributed by atoms with Crippen molar-refractivity contribution in [3.63, 3.8) is 0 Å². The molecule has 5 nitrogen and oxygen atoms in total. The maximum absolute atomic E-state index is 13.2. The van der Waals surface area contributed by atoms with Crippen molar-refractivity contribution >= 4 is 6.03 Å². The van der Waals surface area contributed by atoms with Gasteiger partial charge in [-0.3, -0.25) is 0 Å². The van der Waals surface area contributed by atoms with Gasteiger partial charge in [-0.05, 0) is 64.8 Å². The van der Waals surface area contributed by atoms with Crippen molar-refractivity contribution in [1.29, 1.82) is 0 Å². The van der Waals surface area contributed by atoms with Gasteiger partial charge in [-0.1, -0.05) is 0 Å². The van der Waals surface area contributed by atoms with Gasteiger partial charge in [0.2, 0.25) is 0 Å². The molecular weight excluding hydrogens is 290 g/mol. The lowest BCUT2D eigenvalue weighted by atomic mass is 9.91. The lowest BCUT2D eigenvalue weighted by molar-refractivity contribution is 0.0493. The molecule has 1 aliphatic carbocycles. The number of fused-ring (bicyclic) bond motifs is 1. The summed E-state index contributed by atoms with van der Waals surface area (Å²) in [6.45, 7) is 8.05. The topological polar surface area (TPSA) is 44.8 Å². The Hall–Kier alpha value is -0.810. The quantitative estimate of drug-likeness (QED) is 0.848. The van der Waals surface area contributed by atoms with Crippen molar-refractivity contribution in [2.24, 2.45) is 5.92 Å². The van der Waals surface area contributed by atoms with Gasteiger partial charge in [-0.15, -0.1) is 0 Å². The molecule has 1 N–H and O–H groups in total. The summed E-state index contributed by atoms with van der Waals surface area (Å²) in [6, 6.07) is 1.57. The predicted molar refractivity (Wildman–Crippen MR) is 89.4 cm³/mol. The third-order valence-electron chi connectivity index (χ3n) is 6.54. The molecule has 3 saturated heterocycles. The molecule has 3 atom stereocenters. The van der Waals surface area contributed by atoms with E-state index in [1.165, 1.54) is 19.3 Å². The fraction of sp³-hybridized carbons (Fsp3) is 0.944. The maximum atomic E-state index is 13.2. The van der Waals surface area contributed by atoms with Crippen LogP contribution in [0.15, 0.2) is 0 Å². The number of nitrogens with zero attached hydrogens (tertiary/aromatic N) is 2. The molecule has 130 valence electrons. The van der Waals surface area contributed by atoms with Gasteiger partial charge < -0.3 is 19.9 Å². The van der Waals surface area contributed by atoms with Crippen LogP contribution in [0, 0.1) is 5.92 Å². The second kappa shape index (κ2) is 5.92. The highest BCUT2D eigenvalue weighted by Gasteiger charge is 2.58. The van der Waals surface area contributed by atoms with Gasteiger partial charge in [0.05, 0.1) is 5.54 Å². The molecule has 1 saturated carbocycles. The van der Waals surface area contributed by atoms with Crippen LogP contribution in [0.25, 0.3) is 0 Å². The van der Waals surface area contributed by atoms with Crippen LogP contribution in [0.5, 0.6) is 0 Å². The van der Waals surface area contributed by atoms with Crippen molar-refractivity contribution in [3.05, 3.63) is 0 Å². The Labute approximate surface area is 139 Å². The van der Waals surface area contributed by atoms with E-state index < -0.39 is 0 Å². The highest BCUT2D eigenvalue weighted by Crippen LogP contribution is 2.48. The number of rotatable bonds is 2. The lowest BCUT2D eigenvalue weighted by Crippen LogP contribution is -2.49. The highest BCUT2D eigenvalue weighted by molar-refractivity contribution is 5.79. The first kappa shape index (κ1) is 15.7. The Balaban J connectivity index is 1.59. The van der Waals surface area contributed by atoms with Crippen LogP contribution < -0.4 is 5.32 Å². The largest absolute Gasteiger partial charge is 0.381 e. The number of carbonyl (C=O) groups is 1.